The third-order valence-electron chi connectivity index (χ3n) is 3.93. The number of thiophene rings is 1. The summed E-state index contributed by atoms with van der Waals surface area (Å²) in [6.45, 7) is 7.91. The van der Waals surface area contributed by atoms with E-state index in [9.17, 15) is 8.42 Å². The molecule has 3 rings (SSSR count). The summed E-state index contributed by atoms with van der Waals surface area (Å²) in [4.78, 5) is 0. The van der Waals surface area contributed by atoms with Crippen molar-refractivity contribution < 1.29 is 8.42 Å². The normalized spacial score (nSPS) is 11.9. The Kier molecular flexibility index (Phi) is 4.71. The lowest BCUT2D eigenvalue weighted by atomic mass is 10.1. The highest BCUT2D eigenvalue weighted by atomic mass is 32.2. The van der Waals surface area contributed by atoms with E-state index in [-0.39, 0.29) is 6.04 Å². The Morgan fingerprint density at radius 3 is 2.64 bits per heavy atom. The summed E-state index contributed by atoms with van der Waals surface area (Å²) >= 11 is 1.21. The monoisotopic (exact) mass is 375 g/mol. The standard InChI is InChI=1S/C18H21N3O2S2/c1-12(2)21-17(7-8-19-21)15-10-18(24-11-15)25(22,23)20-16-9-13(3)5-6-14(16)4/h5-12,20H,1-4H3. The average Bonchev–Trinajstić information content (AvgIpc) is 3.18. The van der Waals surface area contributed by atoms with Crippen LogP contribution in [0, 0.1) is 13.8 Å². The van der Waals surface area contributed by atoms with E-state index < -0.39 is 10.0 Å². The van der Waals surface area contributed by atoms with Gasteiger partial charge in [-0.05, 0) is 57.0 Å². The van der Waals surface area contributed by atoms with Crippen LogP contribution in [-0.2, 0) is 10.0 Å². The lowest BCUT2D eigenvalue weighted by Gasteiger charge is -2.10. The number of hydrogen-bond donors (Lipinski definition) is 1. The second kappa shape index (κ2) is 6.65. The molecule has 0 amide bonds. The predicted octanol–water partition coefficient (Wildman–Crippen LogP) is 4.61. The SMILES string of the molecule is Cc1ccc(C)c(NS(=O)(=O)c2cc(-c3ccnn3C(C)C)cs2)c1. The van der Waals surface area contributed by atoms with Crippen molar-refractivity contribution in [1.82, 2.24) is 9.78 Å². The van der Waals surface area contributed by atoms with Crippen molar-refractivity contribution in [3.63, 3.8) is 0 Å². The first-order valence-electron chi connectivity index (χ1n) is 8.00. The van der Waals surface area contributed by atoms with E-state index >= 15 is 0 Å². The molecule has 0 spiro atoms. The molecule has 0 aliphatic heterocycles. The Balaban J connectivity index is 1.93. The maximum Gasteiger partial charge on any atom is 0.271 e. The largest absolute Gasteiger partial charge is 0.279 e. The zero-order valence-electron chi connectivity index (χ0n) is 14.6. The summed E-state index contributed by atoms with van der Waals surface area (Å²) in [5.74, 6) is 0. The molecule has 1 N–H and O–H groups in total. The maximum atomic E-state index is 12.7. The van der Waals surface area contributed by atoms with Gasteiger partial charge in [-0.25, -0.2) is 8.42 Å². The highest BCUT2D eigenvalue weighted by molar-refractivity contribution is 7.94. The van der Waals surface area contributed by atoms with Crippen LogP contribution >= 0.6 is 11.3 Å². The number of sulfonamides is 1. The van der Waals surface area contributed by atoms with Gasteiger partial charge < -0.3 is 0 Å². The molecule has 2 heterocycles. The Morgan fingerprint density at radius 1 is 1.16 bits per heavy atom. The van der Waals surface area contributed by atoms with Crippen LogP contribution in [0.25, 0.3) is 11.3 Å². The van der Waals surface area contributed by atoms with Gasteiger partial charge in [0.25, 0.3) is 10.0 Å². The highest BCUT2D eigenvalue weighted by Gasteiger charge is 2.20. The fourth-order valence-corrected chi connectivity index (χ4v) is 4.88. The zero-order valence-corrected chi connectivity index (χ0v) is 16.3. The Morgan fingerprint density at radius 2 is 1.92 bits per heavy atom. The lowest BCUT2D eigenvalue weighted by molar-refractivity contribution is 0.538. The van der Waals surface area contributed by atoms with Crippen molar-refractivity contribution >= 4 is 27.0 Å². The van der Waals surface area contributed by atoms with Crippen LogP contribution in [0.2, 0.25) is 0 Å². The molecule has 2 aromatic heterocycles. The minimum atomic E-state index is -3.62. The lowest BCUT2D eigenvalue weighted by Crippen LogP contribution is -2.12. The van der Waals surface area contributed by atoms with Crippen LogP contribution in [0.3, 0.4) is 0 Å². The molecule has 5 nitrogen and oxygen atoms in total. The molecule has 7 heteroatoms. The van der Waals surface area contributed by atoms with Crippen molar-refractivity contribution in [3.05, 3.63) is 53.0 Å². The quantitative estimate of drug-likeness (QED) is 0.708. The van der Waals surface area contributed by atoms with Crippen molar-refractivity contribution in [2.75, 3.05) is 4.72 Å². The number of nitrogens with one attached hydrogen (secondary N) is 1. The third kappa shape index (κ3) is 3.62. The first-order valence-corrected chi connectivity index (χ1v) is 10.4. The molecule has 0 fully saturated rings. The molecule has 0 saturated heterocycles. The fraction of sp³-hybridized carbons (Fsp3) is 0.278. The summed E-state index contributed by atoms with van der Waals surface area (Å²) in [6, 6.07) is 9.52. The number of rotatable bonds is 5. The molecule has 0 unspecified atom stereocenters. The first kappa shape index (κ1) is 17.7. The van der Waals surface area contributed by atoms with Crippen LogP contribution in [0.1, 0.15) is 31.0 Å². The molecule has 0 bridgehead atoms. The maximum absolute atomic E-state index is 12.7. The molecule has 132 valence electrons. The second-order valence-electron chi connectivity index (χ2n) is 6.33. The Hall–Kier alpha value is -2.12. The fourth-order valence-electron chi connectivity index (χ4n) is 2.59. The minimum Gasteiger partial charge on any atom is -0.279 e. The topological polar surface area (TPSA) is 64.0 Å². The van der Waals surface area contributed by atoms with Gasteiger partial charge in [0, 0.05) is 23.2 Å². The van der Waals surface area contributed by atoms with Crippen LogP contribution in [-0.4, -0.2) is 18.2 Å². The van der Waals surface area contributed by atoms with Crippen molar-refractivity contribution in [2.45, 2.75) is 37.9 Å². The van der Waals surface area contributed by atoms with Crippen LogP contribution in [0.5, 0.6) is 0 Å². The van der Waals surface area contributed by atoms with Gasteiger partial charge in [0.1, 0.15) is 4.21 Å². The number of anilines is 1. The van der Waals surface area contributed by atoms with E-state index in [2.05, 4.69) is 9.82 Å². The number of benzene rings is 1. The summed E-state index contributed by atoms with van der Waals surface area (Å²) in [7, 11) is -3.62. The van der Waals surface area contributed by atoms with Crippen LogP contribution < -0.4 is 4.72 Å². The predicted molar refractivity (Wildman–Crippen MR) is 103 cm³/mol. The van der Waals surface area contributed by atoms with E-state index in [0.29, 0.717) is 9.90 Å². The molecule has 0 saturated carbocycles. The first-order chi connectivity index (χ1) is 11.8. The average molecular weight is 376 g/mol. The zero-order chi connectivity index (χ0) is 18.2. The highest BCUT2D eigenvalue weighted by Crippen LogP contribution is 2.31. The van der Waals surface area contributed by atoms with Gasteiger partial charge in [-0.3, -0.25) is 9.40 Å². The number of aryl methyl sites for hydroxylation is 2. The summed E-state index contributed by atoms with van der Waals surface area (Å²) in [5, 5.41) is 6.16. The Bertz CT molecular complexity index is 1000. The van der Waals surface area contributed by atoms with Gasteiger partial charge in [0.15, 0.2) is 0 Å². The minimum absolute atomic E-state index is 0.207. The van der Waals surface area contributed by atoms with Crippen LogP contribution in [0.4, 0.5) is 5.69 Å². The van der Waals surface area contributed by atoms with Gasteiger partial charge >= 0.3 is 0 Å². The van der Waals surface area contributed by atoms with E-state index in [1.807, 2.05) is 62.0 Å². The van der Waals surface area contributed by atoms with Gasteiger partial charge in [-0.15, -0.1) is 11.3 Å². The Labute approximate surface area is 152 Å². The summed E-state index contributed by atoms with van der Waals surface area (Å²) < 4.78 is 30.4. The molecular formula is C18H21N3O2S2. The molecular weight excluding hydrogens is 354 g/mol. The molecule has 0 aliphatic rings. The molecule has 0 atom stereocenters. The van der Waals surface area contributed by atoms with E-state index in [1.54, 1.807) is 12.3 Å². The summed E-state index contributed by atoms with van der Waals surface area (Å²) in [6.07, 6.45) is 1.73. The smallest absolute Gasteiger partial charge is 0.271 e. The molecule has 1 aromatic carbocycles. The molecule has 0 radical (unpaired) electrons. The molecule has 3 aromatic rings. The van der Waals surface area contributed by atoms with Gasteiger partial charge in [0.2, 0.25) is 0 Å². The van der Waals surface area contributed by atoms with E-state index in [4.69, 9.17) is 0 Å². The van der Waals surface area contributed by atoms with Crippen molar-refractivity contribution in [1.29, 1.82) is 0 Å². The van der Waals surface area contributed by atoms with Gasteiger partial charge in [-0.1, -0.05) is 12.1 Å². The molecule has 0 aliphatic carbocycles. The second-order valence-corrected chi connectivity index (χ2v) is 9.15. The number of hydrogen-bond acceptors (Lipinski definition) is 4. The third-order valence-corrected chi connectivity index (χ3v) is 6.74. The van der Waals surface area contributed by atoms with E-state index in [0.717, 1.165) is 22.4 Å². The molecule has 25 heavy (non-hydrogen) atoms. The van der Waals surface area contributed by atoms with Crippen molar-refractivity contribution in [3.8, 4) is 11.3 Å². The van der Waals surface area contributed by atoms with Gasteiger partial charge in [-0.2, -0.15) is 5.10 Å². The number of aromatic nitrogens is 2. The van der Waals surface area contributed by atoms with E-state index in [1.165, 1.54) is 11.3 Å². The van der Waals surface area contributed by atoms with Crippen molar-refractivity contribution in [2.24, 2.45) is 0 Å². The van der Waals surface area contributed by atoms with Gasteiger partial charge in [0.05, 0.1) is 11.4 Å². The van der Waals surface area contributed by atoms with Crippen LogP contribution in [0.15, 0.2) is 46.1 Å². The number of nitrogens with zero attached hydrogens (tertiary/aromatic N) is 2. The summed E-state index contributed by atoms with van der Waals surface area (Å²) in [5.41, 5.74) is 4.29.